The Bertz CT molecular complexity index is 1100. The molecule has 0 spiro atoms. The van der Waals surface area contributed by atoms with Gasteiger partial charge in [-0.1, -0.05) is 54.6 Å². The van der Waals surface area contributed by atoms with Gasteiger partial charge in [0.1, 0.15) is 6.10 Å². The Morgan fingerprint density at radius 1 is 0.929 bits per heavy atom. The molecule has 0 fully saturated rings. The van der Waals surface area contributed by atoms with Gasteiger partial charge in [0.2, 0.25) is 0 Å². The van der Waals surface area contributed by atoms with Gasteiger partial charge in [-0.25, -0.2) is 0 Å². The molecule has 0 aromatic heterocycles. The first-order valence-corrected chi connectivity index (χ1v) is 12.4. The first-order valence-electron chi connectivity index (χ1n) is 8.74. The van der Waals surface area contributed by atoms with Crippen molar-refractivity contribution in [2.45, 2.75) is 18.9 Å². The fraction of sp³-hybridized carbons (Fsp3) is 0.300. The van der Waals surface area contributed by atoms with Crippen LogP contribution in [0.15, 0.2) is 54.6 Å². The summed E-state index contributed by atoms with van der Waals surface area (Å²) in [4.78, 5) is 0. The van der Waals surface area contributed by atoms with Crippen molar-refractivity contribution in [2.75, 3.05) is 19.1 Å². The molecule has 0 heterocycles. The molecule has 2 aromatic carbocycles. The Labute approximate surface area is 166 Å². The van der Waals surface area contributed by atoms with E-state index in [1.54, 1.807) is 0 Å². The van der Waals surface area contributed by atoms with E-state index in [4.69, 9.17) is 8.37 Å². The molecular weight excluding hydrogens is 400 g/mol. The van der Waals surface area contributed by atoms with Gasteiger partial charge in [-0.3, -0.25) is 8.37 Å². The van der Waals surface area contributed by atoms with Crippen LogP contribution in [0.2, 0.25) is 0 Å². The summed E-state index contributed by atoms with van der Waals surface area (Å²) in [5.74, 6) is 0. The molecule has 0 aliphatic heterocycles. The molecule has 0 radical (unpaired) electrons. The van der Waals surface area contributed by atoms with Gasteiger partial charge >= 0.3 is 0 Å². The summed E-state index contributed by atoms with van der Waals surface area (Å²) in [7, 11) is -7.15. The van der Waals surface area contributed by atoms with Gasteiger partial charge in [0.15, 0.2) is 0 Å². The number of hydrogen-bond donors (Lipinski definition) is 0. The van der Waals surface area contributed by atoms with Crippen LogP contribution in [0, 0.1) is 0 Å². The number of hydrogen-bond acceptors (Lipinski definition) is 6. The van der Waals surface area contributed by atoms with Crippen LogP contribution in [0.5, 0.6) is 0 Å². The summed E-state index contributed by atoms with van der Waals surface area (Å²) >= 11 is 0. The molecule has 3 rings (SSSR count). The van der Waals surface area contributed by atoms with Crippen molar-refractivity contribution >= 4 is 25.8 Å². The third kappa shape index (κ3) is 5.29. The number of fused-ring (bicyclic) bond motifs is 2. The lowest BCUT2D eigenvalue weighted by atomic mass is 9.93. The van der Waals surface area contributed by atoms with Crippen molar-refractivity contribution in [1.29, 1.82) is 0 Å². The average molecular weight is 423 g/mol. The molecular formula is C20H22O6S2. The third-order valence-corrected chi connectivity index (χ3v) is 5.54. The molecule has 28 heavy (non-hydrogen) atoms. The van der Waals surface area contributed by atoms with Gasteiger partial charge in [-0.2, -0.15) is 16.8 Å². The first-order chi connectivity index (χ1) is 13.1. The highest BCUT2D eigenvalue weighted by Gasteiger charge is 2.27. The van der Waals surface area contributed by atoms with Gasteiger partial charge in [0, 0.05) is 6.42 Å². The van der Waals surface area contributed by atoms with Crippen molar-refractivity contribution < 1.29 is 25.2 Å². The Kier molecular flexibility index (Phi) is 6.04. The van der Waals surface area contributed by atoms with E-state index in [2.05, 4.69) is 0 Å². The van der Waals surface area contributed by atoms with Gasteiger partial charge in [0.25, 0.3) is 20.2 Å². The third-order valence-electron chi connectivity index (χ3n) is 4.37. The van der Waals surface area contributed by atoms with Crippen LogP contribution < -0.4 is 0 Å². The zero-order valence-electron chi connectivity index (χ0n) is 15.7. The minimum Gasteiger partial charge on any atom is -0.270 e. The molecule has 0 saturated carbocycles. The predicted octanol–water partition coefficient (Wildman–Crippen LogP) is 3.06. The maximum atomic E-state index is 11.8. The lowest BCUT2D eigenvalue weighted by Crippen LogP contribution is -2.13. The summed E-state index contributed by atoms with van der Waals surface area (Å²) in [5, 5.41) is 0. The predicted molar refractivity (Wildman–Crippen MR) is 108 cm³/mol. The van der Waals surface area contributed by atoms with Crippen LogP contribution in [0.1, 0.15) is 34.8 Å². The quantitative estimate of drug-likeness (QED) is 0.525. The van der Waals surface area contributed by atoms with E-state index in [1.165, 1.54) is 0 Å². The SMILES string of the molecule is CS(=O)(=O)OCCC=C1c2ccccc2CC(OS(C)(=O)=O)c2ccccc21. The summed E-state index contributed by atoms with van der Waals surface area (Å²) in [6.45, 7) is 0.0376. The van der Waals surface area contributed by atoms with Crippen molar-refractivity contribution in [3.8, 4) is 0 Å². The zero-order chi connectivity index (χ0) is 20.4. The Hall–Kier alpha value is -2.00. The Morgan fingerprint density at radius 3 is 2.25 bits per heavy atom. The second kappa shape index (κ2) is 8.16. The molecule has 1 atom stereocenters. The number of rotatable bonds is 6. The molecule has 2 aromatic rings. The van der Waals surface area contributed by atoms with Crippen molar-refractivity contribution in [2.24, 2.45) is 0 Å². The molecule has 1 aliphatic carbocycles. The van der Waals surface area contributed by atoms with E-state index in [1.807, 2.05) is 54.6 Å². The molecule has 6 nitrogen and oxygen atoms in total. The van der Waals surface area contributed by atoms with Crippen molar-refractivity contribution in [1.82, 2.24) is 0 Å². The Balaban J connectivity index is 2.07. The highest BCUT2D eigenvalue weighted by atomic mass is 32.2. The largest absolute Gasteiger partial charge is 0.270 e. The van der Waals surface area contributed by atoms with Crippen LogP contribution >= 0.6 is 0 Å². The molecule has 1 unspecified atom stereocenters. The first kappa shape index (κ1) is 20.7. The maximum Gasteiger partial charge on any atom is 0.264 e. The van der Waals surface area contributed by atoms with E-state index in [0.29, 0.717) is 12.8 Å². The molecule has 0 N–H and O–H groups in total. The molecule has 150 valence electrons. The minimum atomic E-state index is -3.65. The van der Waals surface area contributed by atoms with E-state index < -0.39 is 26.3 Å². The highest BCUT2D eigenvalue weighted by molar-refractivity contribution is 7.86. The summed E-state index contributed by atoms with van der Waals surface area (Å²) < 4.78 is 56.2. The topological polar surface area (TPSA) is 86.7 Å². The van der Waals surface area contributed by atoms with Crippen LogP contribution in [0.3, 0.4) is 0 Å². The highest BCUT2D eigenvalue weighted by Crippen LogP contribution is 2.39. The fourth-order valence-electron chi connectivity index (χ4n) is 3.36. The normalized spacial score (nSPS) is 18.4. The molecule has 0 amide bonds. The van der Waals surface area contributed by atoms with Gasteiger partial charge in [0.05, 0.1) is 19.1 Å². The van der Waals surface area contributed by atoms with Crippen LogP contribution in [-0.4, -0.2) is 36.0 Å². The monoisotopic (exact) mass is 422 g/mol. The van der Waals surface area contributed by atoms with Crippen LogP contribution in [0.25, 0.3) is 5.57 Å². The second-order valence-electron chi connectivity index (χ2n) is 6.67. The van der Waals surface area contributed by atoms with E-state index in [9.17, 15) is 16.8 Å². The summed E-state index contributed by atoms with van der Waals surface area (Å²) in [6.07, 6.45) is 4.16. The van der Waals surface area contributed by atoms with Crippen molar-refractivity contribution in [3.63, 3.8) is 0 Å². The van der Waals surface area contributed by atoms with E-state index >= 15 is 0 Å². The van der Waals surface area contributed by atoms with Gasteiger partial charge < -0.3 is 0 Å². The fourth-order valence-corrected chi connectivity index (χ4v) is 4.35. The summed E-state index contributed by atoms with van der Waals surface area (Å²) in [5.41, 5.74) is 4.47. The van der Waals surface area contributed by atoms with Gasteiger partial charge in [-0.05, 0) is 34.2 Å². The molecule has 0 saturated heterocycles. The van der Waals surface area contributed by atoms with Crippen LogP contribution in [-0.2, 0) is 35.0 Å². The molecule has 1 aliphatic rings. The minimum absolute atomic E-state index is 0.0376. The lowest BCUT2D eigenvalue weighted by molar-refractivity contribution is 0.216. The van der Waals surface area contributed by atoms with E-state index in [-0.39, 0.29) is 6.61 Å². The maximum absolute atomic E-state index is 11.8. The second-order valence-corrected chi connectivity index (χ2v) is 9.91. The van der Waals surface area contributed by atoms with E-state index in [0.717, 1.165) is 40.3 Å². The smallest absolute Gasteiger partial charge is 0.264 e. The average Bonchev–Trinajstić information content (AvgIpc) is 2.72. The molecule has 8 heteroatoms. The van der Waals surface area contributed by atoms with Gasteiger partial charge in [-0.15, -0.1) is 0 Å². The standard InChI is InChI=1S/C20H22O6S2/c1-27(21,22)25-13-7-12-17-16-9-4-3-8-15(16)14-20(26-28(2,23)24)19-11-6-5-10-18(17)19/h3-6,8-12,20H,7,13-14H2,1-2H3. The van der Waals surface area contributed by atoms with Crippen molar-refractivity contribution in [3.05, 3.63) is 76.9 Å². The number of benzene rings is 2. The summed E-state index contributed by atoms with van der Waals surface area (Å²) in [6, 6.07) is 15.2. The zero-order valence-corrected chi connectivity index (χ0v) is 17.3. The Morgan fingerprint density at radius 2 is 1.57 bits per heavy atom. The van der Waals surface area contributed by atoms with Crippen LogP contribution in [0.4, 0.5) is 0 Å². The lowest BCUT2D eigenvalue weighted by Gasteiger charge is -2.17. The molecule has 0 bridgehead atoms.